The molecule has 0 aliphatic carbocycles. The van der Waals surface area contributed by atoms with E-state index in [1.165, 1.54) is 0 Å². The molecule has 0 bridgehead atoms. The van der Waals surface area contributed by atoms with Gasteiger partial charge in [0, 0.05) is 6.04 Å². The Kier molecular flexibility index (Phi) is 4.12. The van der Waals surface area contributed by atoms with E-state index in [-0.39, 0.29) is 9.30 Å². The second-order valence-corrected chi connectivity index (χ2v) is 7.11. The van der Waals surface area contributed by atoms with Crippen molar-refractivity contribution in [1.29, 1.82) is 0 Å². The zero-order valence-corrected chi connectivity index (χ0v) is 9.23. The Morgan fingerprint density at radius 2 is 1.70 bits per heavy atom. The van der Waals surface area contributed by atoms with Crippen LogP contribution in [0.3, 0.4) is 0 Å². The molecule has 10 heavy (non-hydrogen) atoms. The molecule has 62 valence electrons. The zero-order chi connectivity index (χ0) is 8.36. The van der Waals surface area contributed by atoms with Crippen LogP contribution in [0.2, 0.25) is 0 Å². The van der Waals surface area contributed by atoms with E-state index in [4.69, 9.17) is 0 Å². The van der Waals surface area contributed by atoms with Gasteiger partial charge in [0.25, 0.3) is 0 Å². The first kappa shape index (κ1) is 10.6. The molecule has 0 saturated carbocycles. The average Bonchev–Trinajstić information content (AvgIpc) is 1.60. The quantitative estimate of drug-likeness (QED) is 0.620. The first-order valence-electron chi connectivity index (χ1n) is 3.01. The number of hydrogen-bond donors (Lipinski definition) is 1. The molecule has 0 aliphatic heterocycles. The monoisotopic (exact) mass is 277 g/mol. The molecule has 0 aliphatic rings. The van der Waals surface area contributed by atoms with Crippen LogP contribution in [-0.2, 0) is 10.0 Å². The van der Waals surface area contributed by atoms with E-state index in [1.807, 2.05) is 22.6 Å². The number of rotatable bonds is 3. The topological polar surface area (TPSA) is 46.2 Å². The molecule has 0 rings (SSSR count). The van der Waals surface area contributed by atoms with E-state index in [2.05, 4.69) is 4.72 Å². The van der Waals surface area contributed by atoms with Crippen LogP contribution < -0.4 is 4.72 Å². The highest BCUT2D eigenvalue weighted by Crippen LogP contribution is 2.06. The Morgan fingerprint density at radius 1 is 1.30 bits per heavy atom. The van der Waals surface area contributed by atoms with Gasteiger partial charge in [0.05, 0.1) is 0 Å². The van der Waals surface area contributed by atoms with Gasteiger partial charge in [0.1, 0.15) is 3.26 Å². The molecule has 0 radical (unpaired) electrons. The fourth-order valence-electron chi connectivity index (χ4n) is 0.422. The lowest BCUT2D eigenvalue weighted by atomic mass is 10.4. The van der Waals surface area contributed by atoms with Crippen LogP contribution in [0.25, 0.3) is 0 Å². The Labute approximate surface area is 75.8 Å². The normalized spacial score (nSPS) is 15.7. The summed E-state index contributed by atoms with van der Waals surface area (Å²) in [5.74, 6) is 0. The molecule has 0 aromatic heterocycles. The van der Waals surface area contributed by atoms with Crippen LogP contribution >= 0.6 is 22.6 Å². The highest BCUT2D eigenvalue weighted by Gasteiger charge is 2.17. The predicted octanol–water partition coefficient (Wildman–Crippen LogP) is 1.10. The van der Waals surface area contributed by atoms with Gasteiger partial charge in [0.15, 0.2) is 0 Å². The van der Waals surface area contributed by atoms with E-state index in [0.717, 1.165) is 0 Å². The summed E-state index contributed by atoms with van der Waals surface area (Å²) in [5.41, 5.74) is 0. The van der Waals surface area contributed by atoms with Crippen LogP contribution in [0.1, 0.15) is 20.8 Å². The Hall–Kier alpha value is 0.640. The molecule has 1 unspecified atom stereocenters. The zero-order valence-electron chi connectivity index (χ0n) is 6.26. The summed E-state index contributed by atoms with van der Waals surface area (Å²) in [6.07, 6.45) is 0. The van der Waals surface area contributed by atoms with Crippen LogP contribution in [0.4, 0.5) is 0 Å². The van der Waals surface area contributed by atoms with Gasteiger partial charge in [-0.05, 0) is 20.8 Å². The van der Waals surface area contributed by atoms with Crippen LogP contribution in [-0.4, -0.2) is 17.7 Å². The van der Waals surface area contributed by atoms with Gasteiger partial charge in [-0.15, -0.1) is 0 Å². The van der Waals surface area contributed by atoms with Crippen LogP contribution in [0.5, 0.6) is 0 Å². The SMILES string of the molecule is CC(C)NS(=O)(=O)C(C)I. The minimum Gasteiger partial charge on any atom is -0.212 e. The van der Waals surface area contributed by atoms with E-state index in [9.17, 15) is 8.42 Å². The molecule has 0 fully saturated rings. The lowest BCUT2D eigenvalue weighted by molar-refractivity contribution is 0.570. The number of alkyl halides is 1. The summed E-state index contributed by atoms with van der Waals surface area (Å²) in [7, 11) is -3.06. The third kappa shape index (κ3) is 3.72. The van der Waals surface area contributed by atoms with Crippen molar-refractivity contribution < 1.29 is 8.42 Å². The highest BCUT2D eigenvalue weighted by atomic mass is 127. The largest absolute Gasteiger partial charge is 0.223 e. The van der Waals surface area contributed by atoms with Gasteiger partial charge in [-0.3, -0.25) is 0 Å². The van der Waals surface area contributed by atoms with Gasteiger partial charge >= 0.3 is 0 Å². The minimum atomic E-state index is -3.06. The average molecular weight is 277 g/mol. The van der Waals surface area contributed by atoms with Crippen molar-refractivity contribution in [3.63, 3.8) is 0 Å². The molecular formula is C5H12INO2S. The summed E-state index contributed by atoms with van der Waals surface area (Å²) in [5, 5.41) is 0. The molecular weight excluding hydrogens is 265 g/mol. The molecule has 0 heterocycles. The van der Waals surface area contributed by atoms with Crippen molar-refractivity contribution in [2.45, 2.75) is 30.1 Å². The van der Waals surface area contributed by atoms with Gasteiger partial charge in [-0.2, -0.15) is 0 Å². The second-order valence-electron chi connectivity index (χ2n) is 2.36. The van der Waals surface area contributed by atoms with Gasteiger partial charge < -0.3 is 0 Å². The van der Waals surface area contributed by atoms with Crippen molar-refractivity contribution in [3.8, 4) is 0 Å². The number of nitrogens with one attached hydrogen (secondary N) is 1. The Balaban J connectivity index is 4.16. The summed E-state index contributed by atoms with van der Waals surface area (Å²) >= 11 is 1.87. The van der Waals surface area contributed by atoms with E-state index < -0.39 is 10.0 Å². The number of halogens is 1. The van der Waals surface area contributed by atoms with Crippen molar-refractivity contribution >= 4 is 32.6 Å². The number of sulfonamides is 1. The van der Waals surface area contributed by atoms with E-state index in [1.54, 1.807) is 20.8 Å². The third-order valence-corrected chi connectivity index (χ3v) is 4.49. The molecule has 0 aromatic rings. The number of hydrogen-bond acceptors (Lipinski definition) is 2. The van der Waals surface area contributed by atoms with E-state index in [0.29, 0.717) is 0 Å². The molecule has 1 atom stereocenters. The van der Waals surface area contributed by atoms with Gasteiger partial charge in [-0.25, -0.2) is 13.1 Å². The third-order valence-electron chi connectivity index (χ3n) is 0.828. The fraction of sp³-hybridized carbons (Fsp3) is 1.00. The maximum atomic E-state index is 11.0. The van der Waals surface area contributed by atoms with Crippen molar-refractivity contribution in [2.75, 3.05) is 0 Å². The standard InChI is InChI=1S/C5H12INO2S/c1-4(2)7-10(8,9)5(3)6/h4-5,7H,1-3H3. The Bertz CT molecular complexity index is 186. The summed E-state index contributed by atoms with van der Waals surface area (Å²) in [6, 6.07) is -0.0118. The first-order chi connectivity index (χ1) is 4.36. The van der Waals surface area contributed by atoms with Crippen molar-refractivity contribution in [1.82, 2.24) is 4.72 Å². The van der Waals surface area contributed by atoms with Gasteiger partial charge in [-0.1, -0.05) is 22.6 Å². The molecule has 0 spiro atoms. The molecule has 1 N–H and O–H groups in total. The summed E-state index contributed by atoms with van der Waals surface area (Å²) < 4.78 is 24.2. The van der Waals surface area contributed by atoms with Gasteiger partial charge in [0.2, 0.25) is 10.0 Å². The molecule has 0 saturated heterocycles. The lowest BCUT2D eigenvalue weighted by Crippen LogP contribution is -2.34. The van der Waals surface area contributed by atoms with Crippen molar-refractivity contribution in [3.05, 3.63) is 0 Å². The van der Waals surface area contributed by atoms with Crippen LogP contribution in [0.15, 0.2) is 0 Å². The Morgan fingerprint density at radius 3 is 1.80 bits per heavy atom. The maximum Gasteiger partial charge on any atom is 0.223 e. The summed E-state index contributed by atoms with van der Waals surface area (Å²) in [4.78, 5) is 0. The molecule has 5 heteroatoms. The smallest absolute Gasteiger partial charge is 0.212 e. The highest BCUT2D eigenvalue weighted by molar-refractivity contribution is 14.1. The molecule has 0 aromatic carbocycles. The second kappa shape index (κ2) is 3.87. The molecule has 0 amide bonds. The first-order valence-corrected chi connectivity index (χ1v) is 5.80. The summed E-state index contributed by atoms with van der Waals surface area (Å²) in [6.45, 7) is 5.25. The lowest BCUT2D eigenvalue weighted by Gasteiger charge is -2.10. The van der Waals surface area contributed by atoms with Crippen LogP contribution in [0, 0.1) is 0 Å². The minimum absolute atomic E-state index is 0.0118. The van der Waals surface area contributed by atoms with Crippen molar-refractivity contribution in [2.24, 2.45) is 0 Å². The van der Waals surface area contributed by atoms with E-state index >= 15 is 0 Å². The maximum absolute atomic E-state index is 11.0. The predicted molar refractivity (Wildman–Crippen MR) is 50.7 cm³/mol. The fourth-order valence-corrected chi connectivity index (χ4v) is 1.71. The molecule has 3 nitrogen and oxygen atoms in total.